The number of hydrogen-bond acceptors (Lipinski definition) is 5. The second-order valence-corrected chi connectivity index (χ2v) is 5.72. The van der Waals surface area contributed by atoms with Gasteiger partial charge < -0.3 is 10.0 Å². The standard InChI is InChI=1S/C17H14N4O4/c1-20-9-12(16(23)24)6-13-14(20)19-17(25)21(15(13)22)8-11-4-2-10(7-18)3-5-11/h2-6H,8-9H2,1H3,(H,19,25)(H,23,24). The van der Waals surface area contributed by atoms with Gasteiger partial charge in [0.25, 0.3) is 5.56 Å². The van der Waals surface area contributed by atoms with Gasteiger partial charge in [-0.1, -0.05) is 12.1 Å². The number of rotatable bonds is 3. The van der Waals surface area contributed by atoms with E-state index < -0.39 is 17.2 Å². The Morgan fingerprint density at radius 2 is 2.00 bits per heavy atom. The van der Waals surface area contributed by atoms with Crippen molar-refractivity contribution in [3.63, 3.8) is 0 Å². The van der Waals surface area contributed by atoms with Gasteiger partial charge in [-0.25, -0.2) is 9.59 Å². The first-order chi connectivity index (χ1) is 11.9. The number of benzene rings is 1. The van der Waals surface area contributed by atoms with Crippen molar-refractivity contribution in [2.45, 2.75) is 6.54 Å². The molecule has 0 bridgehead atoms. The van der Waals surface area contributed by atoms with E-state index in [4.69, 9.17) is 5.26 Å². The summed E-state index contributed by atoms with van der Waals surface area (Å²) in [6.45, 7) is 0.116. The zero-order chi connectivity index (χ0) is 18.1. The highest BCUT2D eigenvalue weighted by Gasteiger charge is 2.24. The van der Waals surface area contributed by atoms with Gasteiger partial charge in [0, 0.05) is 7.05 Å². The lowest BCUT2D eigenvalue weighted by Crippen LogP contribution is -2.41. The molecule has 2 heterocycles. The Labute approximate surface area is 141 Å². The first kappa shape index (κ1) is 16.3. The molecule has 0 fully saturated rings. The van der Waals surface area contributed by atoms with Crippen LogP contribution in [-0.4, -0.2) is 34.2 Å². The Balaban J connectivity index is 2.09. The minimum absolute atomic E-state index is 0.0209. The van der Waals surface area contributed by atoms with E-state index in [-0.39, 0.29) is 24.2 Å². The number of nitrogens with one attached hydrogen (secondary N) is 1. The zero-order valence-electron chi connectivity index (χ0n) is 13.3. The van der Waals surface area contributed by atoms with Crippen LogP contribution in [0.25, 0.3) is 6.08 Å². The van der Waals surface area contributed by atoms with Crippen LogP contribution in [0.5, 0.6) is 0 Å². The monoisotopic (exact) mass is 338 g/mol. The van der Waals surface area contributed by atoms with Crippen molar-refractivity contribution in [2.24, 2.45) is 0 Å². The maximum absolute atomic E-state index is 12.7. The van der Waals surface area contributed by atoms with Crippen LogP contribution in [0.2, 0.25) is 0 Å². The molecule has 1 aromatic heterocycles. The fourth-order valence-electron chi connectivity index (χ4n) is 2.70. The molecule has 0 aliphatic carbocycles. The van der Waals surface area contributed by atoms with Crippen molar-refractivity contribution >= 4 is 17.9 Å². The quantitative estimate of drug-likeness (QED) is 0.835. The minimum Gasteiger partial charge on any atom is -0.478 e. The number of nitrogens with zero attached hydrogens (tertiary/aromatic N) is 3. The van der Waals surface area contributed by atoms with E-state index in [1.54, 1.807) is 31.3 Å². The van der Waals surface area contributed by atoms with Gasteiger partial charge >= 0.3 is 11.7 Å². The minimum atomic E-state index is -1.11. The molecule has 25 heavy (non-hydrogen) atoms. The molecule has 0 radical (unpaired) electrons. The predicted octanol–water partition coefficient (Wildman–Crippen LogP) is 0.374. The Bertz CT molecular complexity index is 1040. The molecule has 2 aromatic rings. The van der Waals surface area contributed by atoms with Gasteiger partial charge in [-0.05, 0) is 23.8 Å². The summed E-state index contributed by atoms with van der Waals surface area (Å²) in [6, 6.07) is 8.52. The van der Waals surface area contributed by atoms with E-state index in [1.165, 1.54) is 11.0 Å². The Morgan fingerprint density at radius 1 is 1.32 bits per heavy atom. The van der Waals surface area contributed by atoms with Crippen LogP contribution in [0, 0.1) is 11.3 Å². The number of aromatic amines is 1. The van der Waals surface area contributed by atoms with E-state index >= 15 is 0 Å². The fraction of sp³-hybridized carbons (Fsp3) is 0.176. The SMILES string of the molecule is CN1CC(C(=O)O)=Cc2c1[nH]c(=O)n(Cc1ccc(C#N)cc1)c2=O. The second-order valence-electron chi connectivity index (χ2n) is 5.72. The van der Waals surface area contributed by atoms with Crippen LogP contribution in [0.1, 0.15) is 16.7 Å². The van der Waals surface area contributed by atoms with Crippen LogP contribution in [-0.2, 0) is 11.3 Å². The van der Waals surface area contributed by atoms with Crippen LogP contribution in [0.3, 0.4) is 0 Å². The molecule has 1 aliphatic rings. The molecule has 1 aliphatic heterocycles. The fourth-order valence-corrected chi connectivity index (χ4v) is 2.70. The third-order valence-corrected chi connectivity index (χ3v) is 4.01. The van der Waals surface area contributed by atoms with E-state index in [9.17, 15) is 19.5 Å². The Morgan fingerprint density at radius 3 is 2.60 bits per heavy atom. The lowest BCUT2D eigenvalue weighted by molar-refractivity contribution is -0.132. The van der Waals surface area contributed by atoms with Gasteiger partial charge in [0.15, 0.2) is 0 Å². The van der Waals surface area contributed by atoms with Crippen molar-refractivity contribution < 1.29 is 9.90 Å². The summed E-state index contributed by atoms with van der Waals surface area (Å²) in [6.07, 6.45) is 1.30. The van der Waals surface area contributed by atoms with E-state index in [1.807, 2.05) is 6.07 Å². The number of likely N-dealkylation sites (N-methyl/N-ethyl adjacent to an activating group) is 1. The molecule has 2 N–H and O–H groups in total. The van der Waals surface area contributed by atoms with Gasteiger partial charge in [0.2, 0.25) is 0 Å². The van der Waals surface area contributed by atoms with E-state index in [0.29, 0.717) is 16.9 Å². The highest BCUT2D eigenvalue weighted by molar-refractivity contribution is 5.95. The number of nitriles is 1. The van der Waals surface area contributed by atoms with Crippen LogP contribution >= 0.6 is 0 Å². The maximum Gasteiger partial charge on any atom is 0.333 e. The summed E-state index contributed by atoms with van der Waals surface area (Å²) in [5.41, 5.74) is 0.230. The summed E-state index contributed by atoms with van der Waals surface area (Å²) in [5.74, 6) is -0.808. The van der Waals surface area contributed by atoms with Crippen LogP contribution in [0.4, 0.5) is 5.82 Å². The molecule has 0 saturated carbocycles. The zero-order valence-corrected chi connectivity index (χ0v) is 13.3. The highest BCUT2D eigenvalue weighted by atomic mass is 16.4. The lowest BCUT2D eigenvalue weighted by Gasteiger charge is -2.25. The number of carbonyl (C=O) groups is 1. The molecule has 126 valence electrons. The molecule has 0 saturated heterocycles. The largest absolute Gasteiger partial charge is 0.478 e. The van der Waals surface area contributed by atoms with Gasteiger partial charge in [0.1, 0.15) is 5.82 Å². The average Bonchev–Trinajstić information content (AvgIpc) is 2.59. The maximum atomic E-state index is 12.7. The summed E-state index contributed by atoms with van der Waals surface area (Å²) in [7, 11) is 1.61. The van der Waals surface area contributed by atoms with Crippen molar-refractivity contribution in [2.75, 3.05) is 18.5 Å². The highest BCUT2D eigenvalue weighted by Crippen LogP contribution is 2.21. The molecule has 1 aromatic carbocycles. The van der Waals surface area contributed by atoms with Crippen LogP contribution in [0.15, 0.2) is 39.4 Å². The average molecular weight is 338 g/mol. The smallest absolute Gasteiger partial charge is 0.333 e. The molecule has 8 heteroatoms. The lowest BCUT2D eigenvalue weighted by atomic mass is 10.1. The van der Waals surface area contributed by atoms with Crippen molar-refractivity contribution in [1.82, 2.24) is 9.55 Å². The first-order valence-electron chi connectivity index (χ1n) is 7.42. The molecule has 8 nitrogen and oxygen atoms in total. The van der Waals surface area contributed by atoms with Gasteiger partial charge in [-0.2, -0.15) is 5.26 Å². The number of carboxylic acid groups (broad SMARTS) is 1. The third kappa shape index (κ3) is 2.95. The normalized spacial score (nSPS) is 13.0. The molecule has 0 unspecified atom stereocenters. The summed E-state index contributed by atoms with van der Waals surface area (Å²) >= 11 is 0. The molecule has 0 amide bonds. The van der Waals surface area contributed by atoms with Crippen molar-refractivity contribution in [1.29, 1.82) is 5.26 Å². The van der Waals surface area contributed by atoms with E-state index in [0.717, 1.165) is 4.57 Å². The molecular weight excluding hydrogens is 324 g/mol. The number of hydrogen-bond donors (Lipinski definition) is 2. The van der Waals surface area contributed by atoms with Crippen LogP contribution < -0.4 is 16.1 Å². The number of H-pyrrole nitrogens is 1. The van der Waals surface area contributed by atoms with Gasteiger partial charge in [-0.15, -0.1) is 0 Å². The summed E-state index contributed by atoms with van der Waals surface area (Å²) in [4.78, 5) is 40.4. The number of carboxylic acids is 1. The Kier molecular flexibility index (Phi) is 3.99. The summed E-state index contributed by atoms with van der Waals surface area (Å²) in [5, 5.41) is 18.0. The van der Waals surface area contributed by atoms with Crippen molar-refractivity contribution in [3.05, 3.63) is 67.4 Å². The molecule has 0 atom stereocenters. The molecular formula is C17H14N4O4. The number of aliphatic carboxylic acids is 1. The third-order valence-electron chi connectivity index (χ3n) is 4.01. The second kappa shape index (κ2) is 6.13. The first-order valence-corrected chi connectivity index (χ1v) is 7.42. The number of aromatic nitrogens is 2. The topological polar surface area (TPSA) is 119 Å². The predicted molar refractivity (Wildman–Crippen MR) is 90.5 cm³/mol. The summed E-state index contributed by atoms with van der Waals surface area (Å²) < 4.78 is 1.01. The van der Waals surface area contributed by atoms with E-state index in [2.05, 4.69) is 4.98 Å². The number of anilines is 1. The molecule has 0 spiro atoms. The van der Waals surface area contributed by atoms with Gasteiger partial charge in [0.05, 0.1) is 35.9 Å². The van der Waals surface area contributed by atoms with Crippen molar-refractivity contribution in [3.8, 4) is 6.07 Å². The molecule has 3 rings (SSSR count). The number of fused-ring (bicyclic) bond motifs is 1. The van der Waals surface area contributed by atoms with Gasteiger partial charge in [-0.3, -0.25) is 14.3 Å². The Hall–Kier alpha value is -3.60.